The van der Waals surface area contributed by atoms with Crippen molar-refractivity contribution in [3.8, 4) is 0 Å². The molecule has 1 aromatic rings. The molecule has 1 saturated heterocycles. The van der Waals surface area contributed by atoms with E-state index in [9.17, 15) is 17.6 Å². The molecule has 2 fully saturated rings. The van der Waals surface area contributed by atoms with Gasteiger partial charge in [-0.1, -0.05) is 17.7 Å². The first-order chi connectivity index (χ1) is 11.8. The van der Waals surface area contributed by atoms with Gasteiger partial charge in [-0.2, -0.15) is 0 Å². The van der Waals surface area contributed by atoms with Gasteiger partial charge in [0.1, 0.15) is 5.82 Å². The Morgan fingerprint density at radius 3 is 2.56 bits per heavy atom. The highest BCUT2D eigenvalue weighted by molar-refractivity contribution is 7.91. The van der Waals surface area contributed by atoms with Crippen molar-refractivity contribution < 1.29 is 17.6 Å². The largest absolute Gasteiger partial charge is 0.334 e. The van der Waals surface area contributed by atoms with Gasteiger partial charge in [0, 0.05) is 22.7 Å². The van der Waals surface area contributed by atoms with Gasteiger partial charge >= 0.3 is 0 Å². The molecule has 1 aromatic carbocycles. The first-order valence-electron chi connectivity index (χ1n) is 8.40. The second-order valence-corrected chi connectivity index (χ2v) is 9.56. The van der Waals surface area contributed by atoms with E-state index < -0.39 is 15.7 Å². The van der Waals surface area contributed by atoms with Gasteiger partial charge in [-0.05, 0) is 38.4 Å². The minimum absolute atomic E-state index is 0.0966. The Morgan fingerprint density at radius 2 is 2.00 bits per heavy atom. The summed E-state index contributed by atoms with van der Waals surface area (Å²) in [5.41, 5.74) is 0.329. The van der Waals surface area contributed by atoms with E-state index in [1.807, 2.05) is 0 Å². The summed E-state index contributed by atoms with van der Waals surface area (Å²) in [7, 11) is -1.23. The third kappa shape index (κ3) is 4.51. The van der Waals surface area contributed by atoms with Crippen molar-refractivity contribution in [2.45, 2.75) is 37.9 Å². The topological polar surface area (TPSA) is 57.7 Å². The van der Waals surface area contributed by atoms with Crippen LogP contribution in [0, 0.1) is 5.82 Å². The molecule has 0 N–H and O–H groups in total. The number of likely N-dealkylation sites (N-methyl/N-ethyl adjacent to an activating group) is 1. The van der Waals surface area contributed by atoms with E-state index in [-0.39, 0.29) is 42.6 Å². The van der Waals surface area contributed by atoms with Gasteiger partial charge in [-0.3, -0.25) is 9.69 Å². The van der Waals surface area contributed by atoms with E-state index in [1.165, 1.54) is 6.07 Å². The normalized spacial score (nSPS) is 22.3. The van der Waals surface area contributed by atoms with Crippen LogP contribution in [0.3, 0.4) is 0 Å². The lowest BCUT2D eigenvalue weighted by atomic mass is 10.2. The molecule has 0 radical (unpaired) electrons. The molecule has 2 aliphatic rings. The summed E-state index contributed by atoms with van der Waals surface area (Å²) in [6.07, 6.45) is 2.35. The van der Waals surface area contributed by atoms with E-state index in [0.717, 1.165) is 12.8 Å². The Balaban J connectivity index is 1.68. The summed E-state index contributed by atoms with van der Waals surface area (Å²) >= 11 is 6.09. The van der Waals surface area contributed by atoms with Gasteiger partial charge in [0.05, 0.1) is 24.6 Å². The van der Waals surface area contributed by atoms with E-state index in [0.29, 0.717) is 17.0 Å². The van der Waals surface area contributed by atoms with Gasteiger partial charge in [0.2, 0.25) is 5.91 Å². The fourth-order valence-electron chi connectivity index (χ4n) is 3.22. The zero-order valence-electron chi connectivity index (χ0n) is 14.1. The fourth-order valence-corrected chi connectivity index (χ4v) is 5.25. The van der Waals surface area contributed by atoms with Crippen LogP contribution in [0.5, 0.6) is 0 Å². The van der Waals surface area contributed by atoms with Crippen LogP contribution in [0.25, 0.3) is 0 Å². The van der Waals surface area contributed by atoms with Crippen LogP contribution in [0.2, 0.25) is 5.02 Å². The number of carbonyl (C=O) groups is 1. The Morgan fingerprint density at radius 1 is 1.28 bits per heavy atom. The summed E-state index contributed by atoms with van der Waals surface area (Å²) in [5.74, 6) is -0.262. The summed E-state index contributed by atoms with van der Waals surface area (Å²) in [6, 6.07) is 4.48. The van der Waals surface area contributed by atoms with E-state index in [4.69, 9.17) is 11.6 Å². The second-order valence-electron chi connectivity index (χ2n) is 6.93. The zero-order chi connectivity index (χ0) is 18.2. The maximum Gasteiger partial charge on any atom is 0.237 e. The first-order valence-corrected chi connectivity index (χ1v) is 10.6. The molecule has 0 spiro atoms. The molecule has 3 rings (SSSR count). The predicted molar refractivity (Wildman–Crippen MR) is 94.7 cm³/mol. The van der Waals surface area contributed by atoms with Gasteiger partial charge in [0.25, 0.3) is 0 Å². The number of benzene rings is 1. The Bertz CT molecular complexity index is 747. The van der Waals surface area contributed by atoms with Crippen molar-refractivity contribution in [1.82, 2.24) is 9.80 Å². The average Bonchev–Trinajstić information content (AvgIpc) is 3.29. The highest BCUT2D eigenvalue weighted by Gasteiger charge is 2.36. The number of amides is 1. The first kappa shape index (κ1) is 18.6. The minimum atomic E-state index is -2.99. The van der Waals surface area contributed by atoms with Crippen LogP contribution in [-0.2, 0) is 21.2 Å². The van der Waals surface area contributed by atoms with Crippen LogP contribution in [0.1, 0.15) is 24.8 Å². The van der Waals surface area contributed by atoms with Crippen LogP contribution in [0.4, 0.5) is 4.39 Å². The lowest BCUT2D eigenvalue weighted by Crippen LogP contribution is -2.44. The highest BCUT2D eigenvalue weighted by Crippen LogP contribution is 2.31. The predicted octanol–water partition coefficient (Wildman–Crippen LogP) is 2.09. The van der Waals surface area contributed by atoms with Crippen LogP contribution in [0.15, 0.2) is 18.2 Å². The monoisotopic (exact) mass is 388 g/mol. The van der Waals surface area contributed by atoms with E-state index in [1.54, 1.807) is 29.0 Å². The van der Waals surface area contributed by atoms with Gasteiger partial charge in [-0.15, -0.1) is 0 Å². The molecule has 1 unspecified atom stereocenters. The van der Waals surface area contributed by atoms with Crippen molar-refractivity contribution in [1.29, 1.82) is 0 Å². The van der Waals surface area contributed by atoms with Gasteiger partial charge in [-0.25, -0.2) is 12.8 Å². The molecule has 25 heavy (non-hydrogen) atoms. The summed E-state index contributed by atoms with van der Waals surface area (Å²) < 4.78 is 37.3. The Labute approximate surface area is 152 Å². The third-order valence-electron chi connectivity index (χ3n) is 4.91. The maximum atomic E-state index is 14.1. The molecular weight excluding hydrogens is 367 g/mol. The molecular formula is C17H22ClFN2O3S. The quantitative estimate of drug-likeness (QED) is 0.748. The van der Waals surface area contributed by atoms with Crippen molar-refractivity contribution in [2.75, 3.05) is 25.1 Å². The SMILES string of the molecule is CN(CC(=O)N(Cc1c(F)cccc1Cl)C1CC1)C1CCS(=O)(=O)C1. The van der Waals surface area contributed by atoms with Gasteiger partial charge < -0.3 is 4.90 Å². The molecule has 0 aromatic heterocycles. The summed E-state index contributed by atoms with van der Waals surface area (Å²) in [6.45, 7) is 0.272. The lowest BCUT2D eigenvalue weighted by molar-refractivity contribution is -0.133. The molecule has 1 aliphatic carbocycles. The number of hydrogen-bond acceptors (Lipinski definition) is 4. The van der Waals surface area contributed by atoms with E-state index >= 15 is 0 Å². The van der Waals surface area contributed by atoms with Crippen LogP contribution in [-0.4, -0.2) is 61.3 Å². The number of halogens is 2. The summed E-state index contributed by atoms with van der Waals surface area (Å²) in [5, 5.41) is 0.314. The van der Waals surface area contributed by atoms with E-state index in [2.05, 4.69) is 0 Å². The van der Waals surface area contributed by atoms with Crippen LogP contribution < -0.4 is 0 Å². The van der Waals surface area contributed by atoms with Crippen molar-refractivity contribution >= 4 is 27.3 Å². The number of nitrogens with zero attached hydrogens (tertiary/aromatic N) is 2. The lowest BCUT2D eigenvalue weighted by Gasteiger charge is -2.28. The molecule has 0 bridgehead atoms. The second kappa shape index (κ2) is 7.21. The highest BCUT2D eigenvalue weighted by atomic mass is 35.5. The smallest absolute Gasteiger partial charge is 0.237 e. The van der Waals surface area contributed by atoms with Crippen LogP contribution >= 0.6 is 11.6 Å². The molecule has 5 nitrogen and oxygen atoms in total. The standard InChI is InChI=1S/C17H22ClFN2O3S/c1-20(13-7-8-25(23,24)11-13)10-17(22)21(12-5-6-12)9-14-15(18)3-2-4-16(14)19/h2-4,12-13H,5-11H2,1H3. The third-order valence-corrected chi connectivity index (χ3v) is 7.02. The Kier molecular flexibility index (Phi) is 5.37. The van der Waals surface area contributed by atoms with Gasteiger partial charge in [0.15, 0.2) is 9.84 Å². The molecule has 1 atom stereocenters. The molecule has 138 valence electrons. The maximum absolute atomic E-state index is 14.1. The van der Waals surface area contributed by atoms with Crippen molar-refractivity contribution in [3.63, 3.8) is 0 Å². The minimum Gasteiger partial charge on any atom is -0.334 e. The molecule has 1 saturated carbocycles. The molecule has 1 heterocycles. The molecule has 1 amide bonds. The number of hydrogen-bond donors (Lipinski definition) is 0. The number of sulfone groups is 1. The number of carbonyl (C=O) groups excluding carboxylic acids is 1. The average molecular weight is 389 g/mol. The van der Waals surface area contributed by atoms with Crippen molar-refractivity contribution in [3.05, 3.63) is 34.6 Å². The molecule has 8 heteroatoms. The molecule has 1 aliphatic heterocycles. The summed E-state index contributed by atoms with van der Waals surface area (Å²) in [4.78, 5) is 16.2. The number of rotatable bonds is 6. The fraction of sp³-hybridized carbons (Fsp3) is 0.588. The zero-order valence-corrected chi connectivity index (χ0v) is 15.7. The van der Waals surface area contributed by atoms with Crippen molar-refractivity contribution in [2.24, 2.45) is 0 Å². The Hall–Kier alpha value is -1.18.